The minimum atomic E-state index is -4.83. The number of nitro groups is 1. The summed E-state index contributed by atoms with van der Waals surface area (Å²) < 4.78 is 39.7. The topological polar surface area (TPSA) is 82.0 Å². The number of halogens is 5. The molecule has 13 heteroatoms. The maximum absolute atomic E-state index is 13.2. The summed E-state index contributed by atoms with van der Waals surface area (Å²) in [4.78, 5) is 28.9. The summed E-state index contributed by atoms with van der Waals surface area (Å²) >= 11 is 12.3. The van der Waals surface area contributed by atoms with Crippen molar-refractivity contribution in [3.8, 4) is 0 Å². The van der Waals surface area contributed by atoms with Crippen molar-refractivity contribution in [1.29, 1.82) is 0 Å². The molecule has 2 aromatic carbocycles. The Labute approximate surface area is 235 Å². The third kappa shape index (κ3) is 7.89. The third-order valence-electron chi connectivity index (χ3n) is 6.98. The summed E-state index contributed by atoms with van der Waals surface area (Å²) in [5.74, 6) is 0.0568. The molecular weight excluding hydrogens is 558 g/mol. The van der Waals surface area contributed by atoms with Gasteiger partial charge in [0, 0.05) is 75.1 Å². The van der Waals surface area contributed by atoms with E-state index in [-0.39, 0.29) is 25.1 Å². The van der Waals surface area contributed by atoms with E-state index in [9.17, 15) is 28.1 Å². The average molecular weight is 590 g/mol. The SMILES string of the molecule is C.O=C(CCN1CCN(c2ccc(Cl)cc2Cl)CC1)N1CCC(Nc2ccc([N+](=O)[O-])c(C(F)(F)F)c2)CC1. The number of hydrogen-bond acceptors (Lipinski definition) is 6. The fourth-order valence-electron chi connectivity index (χ4n) is 4.88. The molecule has 1 N–H and O–H groups in total. The molecule has 214 valence electrons. The zero-order chi connectivity index (χ0) is 27.4. The van der Waals surface area contributed by atoms with Gasteiger partial charge in [0.15, 0.2) is 0 Å². The maximum Gasteiger partial charge on any atom is 0.423 e. The van der Waals surface area contributed by atoms with Crippen molar-refractivity contribution in [3.63, 3.8) is 0 Å². The molecular formula is C26H32Cl2F3N5O3. The first-order valence-electron chi connectivity index (χ1n) is 12.3. The van der Waals surface area contributed by atoms with E-state index in [2.05, 4.69) is 15.1 Å². The number of carbonyl (C=O) groups excluding carboxylic acids is 1. The first-order valence-corrected chi connectivity index (χ1v) is 13.1. The van der Waals surface area contributed by atoms with Crippen molar-refractivity contribution in [2.24, 2.45) is 0 Å². The van der Waals surface area contributed by atoms with Gasteiger partial charge in [-0.1, -0.05) is 30.6 Å². The highest BCUT2D eigenvalue weighted by Gasteiger charge is 2.38. The molecule has 2 heterocycles. The molecule has 2 saturated heterocycles. The molecule has 0 spiro atoms. The number of piperidine rings is 1. The molecule has 0 radical (unpaired) electrons. The van der Waals surface area contributed by atoms with E-state index >= 15 is 0 Å². The minimum absolute atomic E-state index is 0. The molecule has 0 unspecified atom stereocenters. The Balaban J connectivity index is 0.00000420. The summed E-state index contributed by atoms with van der Waals surface area (Å²) in [6.45, 7) is 4.87. The summed E-state index contributed by atoms with van der Waals surface area (Å²) in [6, 6.07) is 8.26. The smallest absolute Gasteiger partial charge is 0.382 e. The van der Waals surface area contributed by atoms with Gasteiger partial charge < -0.3 is 15.1 Å². The number of nitrogens with zero attached hydrogens (tertiary/aromatic N) is 4. The van der Waals surface area contributed by atoms with E-state index < -0.39 is 22.4 Å². The van der Waals surface area contributed by atoms with E-state index in [1.165, 1.54) is 6.07 Å². The van der Waals surface area contributed by atoms with Crippen molar-refractivity contribution in [2.45, 2.75) is 38.9 Å². The van der Waals surface area contributed by atoms with E-state index in [1.807, 2.05) is 12.1 Å². The van der Waals surface area contributed by atoms with Crippen LogP contribution in [-0.2, 0) is 11.0 Å². The largest absolute Gasteiger partial charge is 0.423 e. The van der Waals surface area contributed by atoms with Crippen molar-refractivity contribution in [2.75, 3.05) is 56.0 Å². The molecule has 0 atom stereocenters. The minimum Gasteiger partial charge on any atom is -0.382 e. The van der Waals surface area contributed by atoms with Crippen LogP contribution in [0.2, 0.25) is 10.0 Å². The van der Waals surface area contributed by atoms with Gasteiger partial charge in [-0.15, -0.1) is 0 Å². The molecule has 8 nitrogen and oxygen atoms in total. The van der Waals surface area contributed by atoms with Crippen LogP contribution in [0, 0.1) is 10.1 Å². The van der Waals surface area contributed by atoms with Crippen LogP contribution >= 0.6 is 23.2 Å². The van der Waals surface area contributed by atoms with Crippen LogP contribution in [0.25, 0.3) is 0 Å². The second-order valence-corrected chi connectivity index (χ2v) is 10.3. The van der Waals surface area contributed by atoms with Gasteiger partial charge in [0.25, 0.3) is 5.69 Å². The van der Waals surface area contributed by atoms with Crippen LogP contribution < -0.4 is 10.2 Å². The van der Waals surface area contributed by atoms with Crippen LogP contribution in [0.4, 0.5) is 30.2 Å². The predicted octanol–water partition coefficient (Wildman–Crippen LogP) is 6.17. The van der Waals surface area contributed by atoms with Crippen LogP contribution in [-0.4, -0.2) is 72.5 Å². The summed E-state index contributed by atoms with van der Waals surface area (Å²) in [7, 11) is 0. The van der Waals surface area contributed by atoms with Crippen LogP contribution in [0.5, 0.6) is 0 Å². The van der Waals surface area contributed by atoms with Gasteiger partial charge in [0.2, 0.25) is 5.91 Å². The lowest BCUT2D eigenvalue weighted by molar-refractivity contribution is -0.388. The lowest BCUT2D eigenvalue weighted by Gasteiger charge is -2.37. The van der Waals surface area contributed by atoms with Gasteiger partial charge >= 0.3 is 6.18 Å². The number of amides is 1. The van der Waals surface area contributed by atoms with Crippen molar-refractivity contribution in [1.82, 2.24) is 9.80 Å². The Morgan fingerprint density at radius 1 is 1.03 bits per heavy atom. The number of alkyl halides is 3. The lowest BCUT2D eigenvalue weighted by atomic mass is 10.0. The first kappa shape index (κ1) is 30.8. The van der Waals surface area contributed by atoms with Gasteiger partial charge in [0.1, 0.15) is 5.56 Å². The number of piperazine rings is 1. The third-order valence-corrected chi connectivity index (χ3v) is 7.52. The Bertz CT molecular complexity index is 1170. The van der Waals surface area contributed by atoms with Gasteiger partial charge in [-0.25, -0.2) is 0 Å². The second-order valence-electron chi connectivity index (χ2n) is 9.46. The number of rotatable bonds is 7. The lowest BCUT2D eigenvalue weighted by Crippen LogP contribution is -2.48. The van der Waals surface area contributed by atoms with Crippen molar-refractivity contribution >= 4 is 46.2 Å². The zero-order valence-electron chi connectivity index (χ0n) is 20.5. The number of carbonyl (C=O) groups is 1. The molecule has 2 aliphatic rings. The number of nitro benzene ring substituents is 1. The van der Waals surface area contributed by atoms with Gasteiger partial charge in [-0.2, -0.15) is 13.2 Å². The Hall–Kier alpha value is -2.76. The molecule has 0 aliphatic carbocycles. The molecule has 4 rings (SSSR count). The summed E-state index contributed by atoms with van der Waals surface area (Å²) in [5, 5.41) is 15.2. The van der Waals surface area contributed by atoms with E-state index in [0.29, 0.717) is 48.9 Å². The normalized spacial score (nSPS) is 17.1. The first-order chi connectivity index (χ1) is 18.0. The summed E-state index contributed by atoms with van der Waals surface area (Å²) in [6.07, 6.45) is -3.28. The quantitative estimate of drug-likeness (QED) is 0.307. The number of nitrogens with one attached hydrogen (secondary N) is 1. The van der Waals surface area contributed by atoms with Crippen molar-refractivity contribution < 1.29 is 22.9 Å². The Kier molecular flexibility index (Phi) is 10.3. The number of likely N-dealkylation sites (tertiary alicyclic amines) is 1. The second kappa shape index (κ2) is 13.1. The standard InChI is InChI=1S/C25H28Cl2F3N5O3.CH4/c26-17-1-3-23(21(27)15-17)33-13-11-32(12-14-33)8-7-24(36)34-9-5-18(6-10-34)31-19-2-4-22(35(37)38)20(16-19)25(28,29)30;/h1-4,15-16,18,31H,5-14H2;1H4. The highest BCUT2D eigenvalue weighted by atomic mass is 35.5. The molecule has 0 aromatic heterocycles. The fourth-order valence-corrected chi connectivity index (χ4v) is 5.41. The van der Waals surface area contributed by atoms with E-state index in [4.69, 9.17) is 23.2 Å². The molecule has 0 bridgehead atoms. The molecule has 1 amide bonds. The zero-order valence-corrected chi connectivity index (χ0v) is 22.0. The van der Waals surface area contributed by atoms with Gasteiger partial charge in [0.05, 0.1) is 15.6 Å². The van der Waals surface area contributed by atoms with E-state index in [0.717, 1.165) is 44.0 Å². The van der Waals surface area contributed by atoms with Crippen LogP contribution in [0.1, 0.15) is 32.3 Å². The number of anilines is 2. The molecule has 2 aliphatic heterocycles. The van der Waals surface area contributed by atoms with E-state index in [1.54, 1.807) is 11.0 Å². The number of hydrogen-bond donors (Lipinski definition) is 1. The summed E-state index contributed by atoms with van der Waals surface area (Å²) in [5.41, 5.74) is -1.13. The predicted molar refractivity (Wildman–Crippen MR) is 148 cm³/mol. The highest BCUT2D eigenvalue weighted by molar-refractivity contribution is 6.36. The Morgan fingerprint density at radius 2 is 1.69 bits per heavy atom. The molecule has 39 heavy (non-hydrogen) atoms. The van der Waals surface area contributed by atoms with Gasteiger partial charge in [-0.3, -0.25) is 19.8 Å². The monoisotopic (exact) mass is 589 g/mol. The Morgan fingerprint density at radius 3 is 2.28 bits per heavy atom. The molecule has 2 aromatic rings. The fraction of sp³-hybridized carbons (Fsp3) is 0.500. The highest BCUT2D eigenvalue weighted by Crippen LogP contribution is 2.38. The molecule has 0 saturated carbocycles. The van der Waals surface area contributed by atoms with Crippen LogP contribution in [0.15, 0.2) is 36.4 Å². The van der Waals surface area contributed by atoms with Crippen LogP contribution in [0.3, 0.4) is 0 Å². The maximum atomic E-state index is 13.2. The van der Waals surface area contributed by atoms with Gasteiger partial charge in [-0.05, 0) is 43.2 Å². The number of benzene rings is 2. The molecule has 2 fully saturated rings. The average Bonchev–Trinajstić information content (AvgIpc) is 2.87. The van der Waals surface area contributed by atoms with Crippen molar-refractivity contribution in [3.05, 3.63) is 62.1 Å².